The highest BCUT2D eigenvalue weighted by Crippen LogP contribution is 2.16. The highest BCUT2D eigenvalue weighted by molar-refractivity contribution is 5.88. The number of rotatable bonds is 3. The molecule has 0 bridgehead atoms. The van der Waals surface area contributed by atoms with E-state index in [1.54, 1.807) is 12.2 Å². The smallest absolute Gasteiger partial charge is 0.244 e. The lowest BCUT2D eigenvalue weighted by molar-refractivity contribution is -0.117. The molecule has 84 valence electrons. The average Bonchev–Trinajstić information content (AvgIpc) is 2.22. The van der Waals surface area contributed by atoms with Crippen LogP contribution >= 0.6 is 0 Å². The first-order chi connectivity index (χ1) is 7.24. The molecule has 1 aliphatic carbocycles. The van der Waals surface area contributed by atoms with Gasteiger partial charge in [-0.3, -0.25) is 4.79 Å². The summed E-state index contributed by atoms with van der Waals surface area (Å²) < 4.78 is 0. The Morgan fingerprint density at radius 2 is 2.07 bits per heavy atom. The Hall–Kier alpha value is -1.09. The lowest BCUT2D eigenvalue weighted by Crippen LogP contribution is -2.48. The fraction of sp³-hybridized carbons (Fsp3) is 0.583. The zero-order valence-electron chi connectivity index (χ0n) is 9.28. The molecule has 1 amide bonds. The van der Waals surface area contributed by atoms with Crippen LogP contribution in [0.5, 0.6) is 0 Å². The molecule has 3 heteroatoms. The Balaban J connectivity index is 2.36. The van der Waals surface area contributed by atoms with Crippen LogP contribution in [-0.4, -0.2) is 18.0 Å². The Kier molecular flexibility index (Phi) is 5.12. The summed E-state index contributed by atoms with van der Waals surface area (Å²) in [4.78, 5) is 11.4. The van der Waals surface area contributed by atoms with Gasteiger partial charge in [-0.15, -0.1) is 0 Å². The molecule has 0 aromatic rings. The van der Waals surface area contributed by atoms with Crippen LogP contribution in [0.2, 0.25) is 0 Å². The third-order valence-electron chi connectivity index (χ3n) is 2.70. The van der Waals surface area contributed by atoms with Crippen molar-refractivity contribution < 1.29 is 4.79 Å². The number of allylic oxidation sites excluding steroid dienone is 3. The van der Waals surface area contributed by atoms with Gasteiger partial charge < -0.3 is 11.1 Å². The van der Waals surface area contributed by atoms with Gasteiger partial charge in [0, 0.05) is 18.2 Å². The Morgan fingerprint density at radius 3 is 2.73 bits per heavy atom. The average molecular weight is 208 g/mol. The Bertz CT molecular complexity index is 258. The molecule has 0 aliphatic heterocycles. The summed E-state index contributed by atoms with van der Waals surface area (Å²) >= 11 is 0. The largest absolute Gasteiger partial charge is 0.348 e. The molecule has 0 radical (unpaired) electrons. The third kappa shape index (κ3) is 4.30. The summed E-state index contributed by atoms with van der Waals surface area (Å²) in [7, 11) is 0. The zero-order valence-corrected chi connectivity index (χ0v) is 9.28. The van der Waals surface area contributed by atoms with Crippen LogP contribution in [0, 0.1) is 0 Å². The quantitative estimate of drug-likeness (QED) is 0.545. The first-order valence-electron chi connectivity index (χ1n) is 5.59. The molecule has 1 saturated carbocycles. The van der Waals surface area contributed by atoms with E-state index in [1.165, 1.54) is 6.42 Å². The normalized spacial score (nSPS) is 27.3. The maximum Gasteiger partial charge on any atom is 0.244 e. The maximum atomic E-state index is 11.4. The number of amides is 1. The summed E-state index contributed by atoms with van der Waals surface area (Å²) in [6.07, 6.45) is 11.4. The first kappa shape index (κ1) is 12.0. The van der Waals surface area contributed by atoms with Crippen molar-refractivity contribution in [1.82, 2.24) is 5.32 Å². The zero-order chi connectivity index (χ0) is 11.1. The second-order valence-corrected chi connectivity index (χ2v) is 3.95. The molecule has 2 unspecified atom stereocenters. The van der Waals surface area contributed by atoms with Gasteiger partial charge in [0.15, 0.2) is 0 Å². The van der Waals surface area contributed by atoms with Crippen LogP contribution in [0.4, 0.5) is 0 Å². The predicted molar refractivity (Wildman–Crippen MR) is 62.3 cm³/mol. The molecule has 15 heavy (non-hydrogen) atoms. The van der Waals surface area contributed by atoms with Crippen LogP contribution in [0.1, 0.15) is 32.6 Å². The maximum absolute atomic E-state index is 11.4. The van der Waals surface area contributed by atoms with E-state index in [1.807, 2.05) is 19.1 Å². The van der Waals surface area contributed by atoms with E-state index in [0.717, 1.165) is 19.3 Å². The topological polar surface area (TPSA) is 55.1 Å². The summed E-state index contributed by atoms with van der Waals surface area (Å²) in [6.45, 7) is 1.92. The molecule has 1 fully saturated rings. The standard InChI is InChI=1S/C12H20N2O/c1-2-3-4-9-12(15)14-11-8-6-5-7-10(11)13/h2-4,9-11H,5-8,13H2,1H3,(H,14,15)/b3-2+,9-4+. The summed E-state index contributed by atoms with van der Waals surface area (Å²) in [5.74, 6) is -0.0459. The third-order valence-corrected chi connectivity index (χ3v) is 2.70. The van der Waals surface area contributed by atoms with Crippen molar-refractivity contribution in [2.24, 2.45) is 5.73 Å². The van der Waals surface area contributed by atoms with Crippen molar-refractivity contribution in [3.05, 3.63) is 24.3 Å². The molecule has 2 atom stereocenters. The van der Waals surface area contributed by atoms with Gasteiger partial charge in [-0.25, -0.2) is 0 Å². The number of carbonyl (C=O) groups is 1. The van der Waals surface area contributed by atoms with Crippen molar-refractivity contribution >= 4 is 5.91 Å². The molecule has 0 aromatic carbocycles. The van der Waals surface area contributed by atoms with Gasteiger partial charge in [0.1, 0.15) is 0 Å². The Morgan fingerprint density at radius 1 is 1.33 bits per heavy atom. The van der Waals surface area contributed by atoms with Gasteiger partial charge in [0.2, 0.25) is 5.91 Å². The molecular formula is C12H20N2O. The molecule has 1 rings (SSSR count). The van der Waals surface area contributed by atoms with Crippen molar-refractivity contribution in [2.45, 2.75) is 44.7 Å². The molecule has 3 N–H and O–H groups in total. The van der Waals surface area contributed by atoms with Gasteiger partial charge in [-0.05, 0) is 19.8 Å². The second-order valence-electron chi connectivity index (χ2n) is 3.95. The summed E-state index contributed by atoms with van der Waals surface area (Å²) in [5.41, 5.74) is 5.93. The minimum atomic E-state index is -0.0459. The first-order valence-corrected chi connectivity index (χ1v) is 5.59. The summed E-state index contributed by atoms with van der Waals surface area (Å²) in [5, 5.41) is 2.94. The van der Waals surface area contributed by atoms with Crippen LogP contribution < -0.4 is 11.1 Å². The number of nitrogens with two attached hydrogens (primary N) is 1. The second kappa shape index (κ2) is 6.40. The summed E-state index contributed by atoms with van der Waals surface area (Å²) in [6, 6.07) is 0.277. The molecule has 0 spiro atoms. The van der Waals surface area contributed by atoms with Crippen molar-refractivity contribution in [2.75, 3.05) is 0 Å². The minimum absolute atomic E-state index is 0.0459. The van der Waals surface area contributed by atoms with Gasteiger partial charge in [-0.1, -0.05) is 31.1 Å². The minimum Gasteiger partial charge on any atom is -0.348 e. The highest BCUT2D eigenvalue weighted by atomic mass is 16.1. The number of hydrogen-bond acceptors (Lipinski definition) is 2. The van der Waals surface area contributed by atoms with Gasteiger partial charge in [0.05, 0.1) is 0 Å². The Labute approximate surface area is 91.4 Å². The van der Waals surface area contributed by atoms with E-state index >= 15 is 0 Å². The van der Waals surface area contributed by atoms with Crippen molar-refractivity contribution in [3.8, 4) is 0 Å². The van der Waals surface area contributed by atoms with Gasteiger partial charge in [0.25, 0.3) is 0 Å². The monoisotopic (exact) mass is 208 g/mol. The highest BCUT2D eigenvalue weighted by Gasteiger charge is 2.22. The van der Waals surface area contributed by atoms with E-state index in [4.69, 9.17) is 5.73 Å². The van der Waals surface area contributed by atoms with Crippen LogP contribution in [0.15, 0.2) is 24.3 Å². The molecule has 3 nitrogen and oxygen atoms in total. The molecular weight excluding hydrogens is 188 g/mol. The number of carbonyl (C=O) groups excluding carboxylic acids is 1. The molecule has 0 aromatic heterocycles. The SMILES string of the molecule is C/C=C/C=C/C(=O)NC1CCCCC1N. The van der Waals surface area contributed by atoms with Crippen molar-refractivity contribution in [1.29, 1.82) is 0 Å². The van der Waals surface area contributed by atoms with Gasteiger partial charge >= 0.3 is 0 Å². The van der Waals surface area contributed by atoms with E-state index in [9.17, 15) is 4.79 Å². The van der Waals surface area contributed by atoms with Crippen LogP contribution in [0.25, 0.3) is 0 Å². The predicted octanol–water partition coefficient (Wildman–Crippen LogP) is 1.50. The van der Waals surface area contributed by atoms with Crippen molar-refractivity contribution in [3.63, 3.8) is 0 Å². The molecule has 0 saturated heterocycles. The van der Waals surface area contributed by atoms with E-state index in [-0.39, 0.29) is 18.0 Å². The van der Waals surface area contributed by atoms with Crippen LogP contribution in [-0.2, 0) is 4.79 Å². The van der Waals surface area contributed by atoms with E-state index in [0.29, 0.717) is 0 Å². The van der Waals surface area contributed by atoms with Crippen LogP contribution in [0.3, 0.4) is 0 Å². The van der Waals surface area contributed by atoms with E-state index in [2.05, 4.69) is 5.32 Å². The lowest BCUT2D eigenvalue weighted by atomic mass is 9.91. The van der Waals surface area contributed by atoms with E-state index < -0.39 is 0 Å². The lowest BCUT2D eigenvalue weighted by Gasteiger charge is -2.28. The fourth-order valence-corrected chi connectivity index (χ4v) is 1.82. The van der Waals surface area contributed by atoms with Gasteiger partial charge in [-0.2, -0.15) is 0 Å². The number of hydrogen-bond donors (Lipinski definition) is 2. The fourth-order valence-electron chi connectivity index (χ4n) is 1.82. The molecule has 1 aliphatic rings. The number of nitrogens with one attached hydrogen (secondary N) is 1. The molecule has 0 heterocycles.